The van der Waals surface area contributed by atoms with Gasteiger partial charge in [0.2, 0.25) is 0 Å². The highest BCUT2D eigenvalue weighted by Crippen LogP contribution is 2.30. The van der Waals surface area contributed by atoms with Gasteiger partial charge in [0.05, 0.1) is 55.6 Å². The third-order valence-corrected chi connectivity index (χ3v) is 7.90. The Bertz CT molecular complexity index is 1780. The quantitative estimate of drug-likeness (QED) is 0.0619. The van der Waals surface area contributed by atoms with Gasteiger partial charge in [0, 0.05) is 7.14 Å². The average Bonchev–Trinajstić information content (AvgIpc) is 2.99. The number of rotatable bonds is 12. The van der Waals surface area contributed by atoms with Crippen LogP contribution in [0.25, 0.3) is 0 Å². The number of aliphatic hydroxyl groups is 2. The first kappa shape index (κ1) is 40.6. The fourth-order valence-corrected chi connectivity index (χ4v) is 5.53. The van der Waals surface area contributed by atoms with Crippen LogP contribution in [0, 0.1) is 18.8 Å². The molecular formula is C33H32Cl2F2I2N4O6. The number of carbonyl (C=O) groups is 2. The van der Waals surface area contributed by atoms with Crippen LogP contribution in [-0.2, 0) is 9.68 Å². The largest absolute Gasteiger partial charge is 0.391 e. The number of halogens is 6. The number of nitrogens with one attached hydrogen (secondary N) is 4. The molecule has 1 unspecified atom stereocenters. The lowest BCUT2D eigenvalue weighted by molar-refractivity contribution is -0.0522. The van der Waals surface area contributed by atoms with E-state index < -0.39 is 35.2 Å². The molecule has 49 heavy (non-hydrogen) atoms. The molecule has 0 fully saturated rings. The fraction of sp³-hybridized carbons (Fsp3) is 0.212. The Hall–Kier alpha value is -2.84. The molecule has 0 aliphatic carbocycles. The first-order valence-corrected chi connectivity index (χ1v) is 17.2. The minimum absolute atomic E-state index is 0.0569. The zero-order valence-electron chi connectivity index (χ0n) is 26.2. The SMILES string of the molecule is CC(C)(O)CONC(=O)c1ccc(F)cc1Nc1ccc(I)cc1Cl.CC(O)CONC(=O)c1ccc(F)cc1Nc1ccc(I)cc1Cl. The molecule has 0 heterocycles. The standard InChI is InChI=1S/C17H17ClFIN2O3.C16H15ClFIN2O3/c1-17(2,24)9-25-22-16(23)12-5-3-10(19)7-15(12)21-14-6-4-11(20)8-13(14)18;1-9(22)8-24-21-16(23)12-4-2-10(18)6-15(12)20-14-5-3-11(19)7-13(14)17/h3-8,21,24H,9H2,1-2H3,(H,22,23);2-7,9,20,22H,8H2,1H3,(H,21,23). The zero-order valence-corrected chi connectivity index (χ0v) is 32.0. The summed E-state index contributed by atoms with van der Waals surface area (Å²) in [6.45, 7) is 4.46. The van der Waals surface area contributed by atoms with E-state index in [4.69, 9.17) is 38.0 Å². The molecule has 0 bridgehead atoms. The van der Waals surface area contributed by atoms with Crippen LogP contribution >= 0.6 is 68.4 Å². The maximum Gasteiger partial charge on any atom is 0.276 e. The number of hydrogen-bond acceptors (Lipinski definition) is 8. The van der Waals surface area contributed by atoms with Gasteiger partial charge in [0.1, 0.15) is 24.8 Å². The molecule has 4 rings (SSSR count). The third kappa shape index (κ3) is 13.8. The molecule has 262 valence electrons. The second-order valence-corrected chi connectivity index (χ2v) is 14.3. The summed E-state index contributed by atoms with van der Waals surface area (Å²) in [4.78, 5) is 34.3. The number of hydrogen-bond donors (Lipinski definition) is 6. The number of hydroxylamine groups is 2. The Kier molecular flexibility index (Phi) is 15.7. The number of amides is 2. The Balaban J connectivity index is 0.000000266. The summed E-state index contributed by atoms with van der Waals surface area (Å²) in [7, 11) is 0. The monoisotopic (exact) mass is 942 g/mol. The van der Waals surface area contributed by atoms with Crippen molar-refractivity contribution in [3.8, 4) is 0 Å². The summed E-state index contributed by atoms with van der Waals surface area (Å²) in [6.07, 6.45) is -0.721. The molecule has 4 aromatic carbocycles. The predicted molar refractivity (Wildman–Crippen MR) is 203 cm³/mol. The molecule has 0 radical (unpaired) electrons. The summed E-state index contributed by atoms with van der Waals surface area (Å²) in [5, 5.41) is 25.5. The summed E-state index contributed by atoms with van der Waals surface area (Å²) in [6, 6.07) is 18.0. The topological polar surface area (TPSA) is 141 Å². The first-order valence-electron chi connectivity index (χ1n) is 14.3. The van der Waals surface area contributed by atoms with Crippen molar-refractivity contribution in [3.63, 3.8) is 0 Å². The molecule has 6 N–H and O–H groups in total. The van der Waals surface area contributed by atoms with E-state index in [1.165, 1.54) is 43.3 Å². The van der Waals surface area contributed by atoms with Crippen molar-refractivity contribution in [1.82, 2.24) is 11.0 Å². The Morgan fingerprint density at radius 1 is 0.755 bits per heavy atom. The van der Waals surface area contributed by atoms with E-state index in [9.17, 15) is 23.5 Å². The Labute approximate surface area is 319 Å². The molecular weight excluding hydrogens is 911 g/mol. The van der Waals surface area contributed by atoms with E-state index in [-0.39, 0.29) is 35.7 Å². The van der Waals surface area contributed by atoms with Crippen LogP contribution in [-0.4, -0.2) is 46.9 Å². The molecule has 0 aromatic heterocycles. The van der Waals surface area contributed by atoms with Crippen molar-refractivity contribution in [2.24, 2.45) is 0 Å². The van der Waals surface area contributed by atoms with Crippen LogP contribution in [0.1, 0.15) is 41.5 Å². The van der Waals surface area contributed by atoms with Crippen LogP contribution in [0.3, 0.4) is 0 Å². The summed E-state index contributed by atoms with van der Waals surface area (Å²) >= 11 is 16.6. The normalized spacial score (nSPS) is 11.6. The maximum atomic E-state index is 13.6. The predicted octanol–water partition coefficient (Wildman–Crippen LogP) is 8.13. The molecule has 10 nitrogen and oxygen atoms in total. The maximum absolute atomic E-state index is 13.6. The smallest absolute Gasteiger partial charge is 0.276 e. The number of anilines is 4. The van der Waals surface area contributed by atoms with E-state index >= 15 is 0 Å². The van der Waals surface area contributed by atoms with Crippen LogP contribution < -0.4 is 21.6 Å². The highest BCUT2D eigenvalue weighted by Gasteiger charge is 2.18. The molecule has 0 aliphatic rings. The van der Waals surface area contributed by atoms with Gasteiger partial charge in [-0.3, -0.25) is 19.3 Å². The van der Waals surface area contributed by atoms with E-state index in [2.05, 4.69) is 66.8 Å². The van der Waals surface area contributed by atoms with Gasteiger partial charge >= 0.3 is 0 Å². The lowest BCUT2D eigenvalue weighted by Gasteiger charge is -2.17. The van der Waals surface area contributed by atoms with E-state index in [0.29, 0.717) is 21.4 Å². The second-order valence-electron chi connectivity index (χ2n) is 11.0. The molecule has 0 saturated carbocycles. The minimum Gasteiger partial charge on any atom is -0.391 e. The van der Waals surface area contributed by atoms with Crippen LogP contribution in [0.15, 0.2) is 72.8 Å². The average molecular weight is 943 g/mol. The van der Waals surface area contributed by atoms with E-state index in [1.807, 2.05) is 12.1 Å². The Morgan fingerprint density at radius 2 is 1.18 bits per heavy atom. The summed E-state index contributed by atoms with van der Waals surface area (Å²) in [5.74, 6) is -2.15. The van der Waals surface area contributed by atoms with Gasteiger partial charge in [-0.05, 0) is 139 Å². The van der Waals surface area contributed by atoms with E-state index in [0.717, 1.165) is 7.14 Å². The van der Waals surface area contributed by atoms with Crippen molar-refractivity contribution >= 4 is 103 Å². The molecule has 4 aromatic rings. The fourth-order valence-electron chi connectivity index (χ4n) is 3.72. The van der Waals surface area contributed by atoms with Gasteiger partial charge < -0.3 is 20.8 Å². The van der Waals surface area contributed by atoms with Gasteiger partial charge in [-0.1, -0.05) is 23.2 Å². The number of aliphatic hydroxyl groups excluding tert-OH is 1. The van der Waals surface area contributed by atoms with Crippen molar-refractivity contribution in [2.45, 2.75) is 32.5 Å². The third-order valence-electron chi connectivity index (χ3n) is 5.93. The van der Waals surface area contributed by atoms with Gasteiger partial charge in [-0.2, -0.15) is 0 Å². The lowest BCUT2D eigenvalue weighted by Crippen LogP contribution is -2.33. The lowest BCUT2D eigenvalue weighted by atomic mass is 10.1. The molecule has 16 heteroatoms. The summed E-state index contributed by atoms with van der Waals surface area (Å²) in [5.41, 5.74) is 5.27. The highest BCUT2D eigenvalue weighted by molar-refractivity contribution is 14.1. The van der Waals surface area contributed by atoms with Crippen molar-refractivity contribution in [3.05, 3.63) is 113 Å². The van der Waals surface area contributed by atoms with Crippen LogP contribution in [0.2, 0.25) is 10.0 Å². The van der Waals surface area contributed by atoms with Crippen molar-refractivity contribution < 1.29 is 38.3 Å². The van der Waals surface area contributed by atoms with Gasteiger partial charge in [-0.25, -0.2) is 19.7 Å². The van der Waals surface area contributed by atoms with Gasteiger partial charge in [0.25, 0.3) is 11.8 Å². The van der Waals surface area contributed by atoms with Crippen molar-refractivity contribution in [2.75, 3.05) is 23.8 Å². The molecule has 1 atom stereocenters. The van der Waals surface area contributed by atoms with Gasteiger partial charge in [0.15, 0.2) is 0 Å². The van der Waals surface area contributed by atoms with Crippen LogP contribution in [0.5, 0.6) is 0 Å². The number of carbonyl (C=O) groups excluding carboxylic acids is 2. The Morgan fingerprint density at radius 3 is 1.57 bits per heavy atom. The minimum atomic E-state index is -1.09. The molecule has 0 spiro atoms. The van der Waals surface area contributed by atoms with E-state index in [1.54, 1.807) is 38.1 Å². The molecule has 0 saturated heterocycles. The summed E-state index contributed by atoms with van der Waals surface area (Å²) < 4.78 is 29.1. The first-order chi connectivity index (χ1) is 23.0. The molecule has 2 amide bonds. The number of benzene rings is 4. The highest BCUT2D eigenvalue weighted by atomic mass is 127. The van der Waals surface area contributed by atoms with Crippen molar-refractivity contribution in [1.29, 1.82) is 0 Å². The van der Waals surface area contributed by atoms with Crippen LogP contribution in [0.4, 0.5) is 31.5 Å². The molecule has 0 aliphatic heterocycles. The zero-order chi connectivity index (χ0) is 36.3. The second kappa shape index (κ2) is 19.0. The van der Waals surface area contributed by atoms with Gasteiger partial charge in [-0.15, -0.1) is 0 Å².